The van der Waals surface area contributed by atoms with Gasteiger partial charge in [-0.1, -0.05) is 12.1 Å². The lowest BCUT2D eigenvalue weighted by atomic mass is 10.1. The zero-order valence-electron chi connectivity index (χ0n) is 11.2. The highest BCUT2D eigenvalue weighted by molar-refractivity contribution is 5.92. The quantitative estimate of drug-likeness (QED) is 0.710. The van der Waals surface area contributed by atoms with Crippen molar-refractivity contribution in [1.29, 1.82) is 0 Å². The predicted molar refractivity (Wildman–Crippen MR) is 75.1 cm³/mol. The molecule has 2 aromatic rings. The van der Waals surface area contributed by atoms with E-state index in [0.29, 0.717) is 23.9 Å². The summed E-state index contributed by atoms with van der Waals surface area (Å²) in [6.07, 6.45) is -0.236. The molecule has 1 aliphatic heterocycles. The molecule has 0 saturated carbocycles. The number of fused-ring (bicyclic) bond motifs is 1. The van der Waals surface area contributed by atoms with Crippen molar-refractivity contribution in [2.24, 2.45) is 0 Å². The van der Waals surface area contributed by atoms with Gasteiger partial charge < -0.3 is 20.1 Å². The number of aliphatic hydroxyl groups excluding tert-OH is 1. The van der Waals surface area contributed by atoms with Gasteiger partial charge in [-0.05, 0) is 18.6 Å². The summed E-state index contributed by atoms with van der Waals surface area (Å²) in [4.78, 5) is 30.7. The molecule has 3 rings (SSSR count). The first-order chi connectivity index (χ1) is 10.1. The van der Waals surface area contributed by atoms with Crippen LogP contribution in [0, 0.1) is 0 Å². The van der Waals surface area contributed by atoms with E-state index < -0.39 is 18.1 Å². The largest absolute Gasteiger partial charge is 0.389 e. The summed E-state index contributed by atoms with van der Waals surface area (Å²) in [6, 6.07) is 6.40. The van der Waals surface area contributed by atoms with Crippen molar-refractivity contribution < 1.29 is 14.6 Å². The molecule has 0 radical (unpaired) electrons. The highest BCUT2D eigenvalue weighted by Crippen LogP contribution is 2.09. The molecule has 0 spiro atoms. The molecule has 3 N–H and O–H groups in total. The number of carbonyl (C=O) groups is 1. The Bertz CT molecular complexity index is 727. The van der Waals surface area contributed by atoms with Crippen LogP contribution in [0.15, 0.2) is 29.1 Å². The summed E-state index contributed by atoms with van der Waals surface area (Å²) in [6.45, 7) is 0.663. The Balaban J connectivity index is 1.86. The number of nitrogens with one attached hydrogen (secondary N) is 2. The molecule has 1 fully saturated rings. The van der Waals surface area contributed by atoms with Gasteiger partial charge in [0.15, 0.2) is 5.82 Å². The Morgan fingerprint density at radius 1 is 1.43 bits per heavy atom. The Hall–Kier alpha value is -2.25. The number of ether oxygens (including phenoxy) is 1. The van der Waals surface area contributed by atoms with Crippen molar-refractivity contribution in [3.05, 3.63) is 40.4 Å². The van der Waals surface area contributed by atoms with Gasteiger partial charge in [0.25, 0.3) is 11.5 Å². The molecule has 110 valence electrons. The molecular formula is C14H15N3O4. The third kappa shape index (κ3) is 2.79. The van der Waals surface area contributed by atoms with Crippen molar-refractivity contribution in [1.82, 2.24) is 15.3 Å². The van der Waals surface area contributed by atoms with E-state index in [1.165, 1.54) is 0 Å². The molecule has 1 aliphatic rings. The molecule has 7 nitrogen and oxygen atoms in total. The summed E-state index contributed by atoms with van der Waals surface area (Å²) >= 11 is 0. The summed E-state index contributed by atoms with van der Waals surface area (Å²) in [7, 11) is 0. The Morgan fingerprint density at radius 3 is 3.05 bits per heavy atom. The third-order valence-electron chi connectivity index (χ3n) is 3.47. The van der Waals surface area contributed by atoms with Crippen LogP contribution in [-0.2, 0) is 4.74 Å². The second kappa shape index (κ2) is 5.63. The Labute approximate surface area is 120 Å². The highest BCUT2D eigenvalue weighted by Gasteiger charge is 2.26. The molecule has 1 aromatic heterocycles. The summed E-state index contributed by atoms with van der Waals surface area (Å²) in [5.74, 6) is -0.568. The van der Waals surface area contributed by atoms with E-state index in [0.717, 1.165) is 0 Å². The number of H-pyrrole nitrogens is 1. The minimum atomic E-state index is -0.755. The number of hydrogen-bond acceptors (Lipinski definition) is 5. The van der Waals surface area contributed by atoms with E-state index in [1.54, 1.807) is 24.3 Å². The lowest BCUT2D eigenvalue weighted by Gasteiger charge is -2.28. The molecular weight excluding hydrogens is 274 g/mol. The van der Waals surface area contributed by atoms with Gasteiger partial charge in [0.1, 0.15) is 0 Å². The van der Waals surface area contributed by atoms with E-state index in [-0.39, 0.29) is 18.0 Å². The number of aromatic nitrogens is 2. The van der Waals surface area contributed by atoms with Gasteiger partial charge in [0.2, 0.25) is 0 Å². The van der Waals surface area contributed by atoms with Gasteiger partial charge in [-0.15, -0.1) is 0 Å². The standard InChI is InChI=1S/C14H15N3O4/c18-11-7-21-6-5-10(11)16-14(20)12-15-9-4-2-1-3-8(9)13(19)17-12/h1-4,10-11,18H,5-7H2,(H,16,20)(H,15,17,19)/t10-,11-/m1/s1. The third-order valence-corrected chi connectivity index (χ3v) is 3.47. The molecule has 21 heavy (non-hydrogen) atoms. The average molecular weight is 289 g/mol. The summed E-state index contributed by atoms with van der Waals surface area (Å²) in [5.41, 5.74) is 0.0946. The van der Waals surface area contributed by atoms with Gasteiger partial charge in [0, 0.05) is 6.61 Å². The molecule has 0 aliphatic carbocycles. The van der Waals surface area contributed by atoms with Crippen molar-refractivity contribution in [2.45, 2.75) is 18.6 Å². The first-order valence-electron chi connectivity index (χ1n) is 6.71. The highest BCUT2D eigenvalue weighted by atomic mass is 16.5. The number of para-hydroxylation sites is 1. The smallest absolute Gasteiger partial charge is 0.287 e. The fourth-order valence-electron chi connectivity index (χ4n) is 2.32. The molecule has 2 atom stereocenters. The molecule has 0 bridgehead atoms. The SMILES string of the molecule is O=C(N[C@@H]1CCOC[C@H]1O)c1nc2ccccc2c(=O)[nH]1. The Kier molecular flexibility index (Phi) is 3.68. The number of amides is 1. The topological polar surface area (TPSA) is 104 Å². The van der Waals surface area contributed by atoms with Gasteiger partial charge >= 0.3 is 0 Å². The fraction of sp³-hybridized carbons (Fsp3) is 0.357. The van der Waals surface area contributed by atoms with Crippen molar-refractivity contribution in [2.75, 3.05) is 13.2 Å². The number of rotatable bonds is 2. The van der Waals surface area contributed by atoms with Crippen LogP contribution < -0.4 is 10.9 Å². The van der Waals surface area contributed by atoms with Crippen molar-refractivity contribution in [3.8, 4) is 0 Å². The van der Waals surface area contributed by atoms with Crippen LogP contribution in [0.5, 0.6) is 0 Å². The maximum Gasteiger partial charge on any atom is 0.287 e. The van der Waals surface area contributed by atoms with E-state index in [1.807, 2.05) is 0 Å². The number of nitrogens with zero attached hydrogens (tertiary/aromatic N) is 1. The van der Waals surface area contributed by atoms with Crippen LogP contribution in [0.25, 0.3) is 10.9 Å². The second-order valence-corrected chi connectivity index (χ2v) is 4.94. The van der Waals surface area contributed by atoms with Gasteiger partial charge in [-0.3, -0.25) is 9.59 Å². The van der Waals surface area contributed by atoms with E-state index in [4.69, 9.17) is 4.74 Å². The average Bonchev–Trinajstić information content (AvgIpc) is 2.49. The number of benzene rings is 1. The number of carbonyl (C=O) groups excluding carboxylic acids is 1. The zero-order valence-corrected chi connectivity index (χ0v) is 11.2. The second-order valence-electron chi connectivity index (χ2n) is 4.94. The Morgan fingerprint density at radius 2 is 2.24 bits per heavy atom. The van der Waals surface area contributed by atoms with E-state index >= 15 is 0 Å². The van der Waals surface area contributed by atoms with Crippen LogP contribution in [0.4, 0.5) is 0 Å². The molecule has 1 saturated heterocycles. The monoisotopic (exact) mass is 289 g/mol. The first kappa shape index (κ1) is 13.7. The molecule has 7 heteroatoms. The normalized spacial score (nSPS) is 22.1. The van der Waals surface area contributed by atoms with Crippen LogP contribution in [0.2, 0.25) is 0 Å². The maximum atomic E-state index is 12.2. The van der Waals surface area contributed by atoms with Crippen molar-refractivity contribution in [3.63, 3.8) is 0 Å². The first-order valence-corrected chi connectivity index (χ1v) is 6.71. The minimum absolute atomic E-state index is 0.0580. The fourth-order valence-corrected chi connectivity index (χ4v) is 2.32. The molecule has 0 unspecified atom stereocenters. The van der Waals surface area contributed by atoms with Crippen LogP contribution >= 0.6 is 0 Å². The lowest BCUT2D eigenvalue weighted by Crippen LogP contribution is -2.49. The maximum absolute atomic E-state index is 12.2. The van der Waals surface area contributed by atoms with E-state index in [9.17, 15) is 14.7 Å². The van der Waals surface area contributed by atoms with Crippen LogP contribution in [0.1, 0.15) is 17.0 Å². The lowest BCUT2D eigenvalue weighted by molar-refractivity contribution is -0.0261. The number of hydrogen-bond donors (Lipinski definition) is 3. The molecule has 2 heterocycles. The number of aromatic amines is 1. The van der Waals surface area contributed by atoms with E-state index in [2.05, 4.69) is 15.3 Å². The van der Waals surface area contributed by atoms with Crippen molar-refractivity contribution >= 4 is 16.8 Å². The van der Waals surface area contributed by atoms with Crippen LogP contribution in [0.3, 0.4) is 0 Å². The molecule has 1 amide bonds. The van der Waals surface area contributed by atoms with Gasteiger partial charge in [0.05, 0.1) is 29.7 Å². The van der Waals surface area contributed by atoms with Crippen LogP contribution in [-0.4, -0.2) is 46.3 Å². The van der Waals surface area contributed by atoms with Gasteiger partial charge in [-0.25, -0.2) is 4.98 Å². The van der Waals surface area contributed by atoms with Gasteiger partial charge in [-0.2, -0.15) is 0 Å². The summed E-state index contributed by atoms with van der Waals surface area (Å²) in [5, 5.41) is 12.9. The summed E-state index contributed by atoms with van der Waals surface area (Å²) < 4.78 is 5.10. The number of aliphatic hydroxyl groups is 1. The minimum Gasteiger partial charge on any atom is -0.389 e. The molecule has 1 aromatic carbocycles. The predicted octanol–water partition coefficient (Wildman–Crippen LogP) is -0.197. The zero-order chi connectivity index (χ0) is 14.8.